The summed E-state index contributed by atoms with van der Waals surface area (Å²) >= 11 is 12.5. The Morgan fingerprint density at radius 3 is 2.54 bits per heavy atom. The number of hydrogen-bond acceptors (Lipinski definition) is 6. The lowest BCUT2D eigenvalue weighted by atomic mass is 10.1. The molecule has 0 unspecified atom stereocenters. The SMILES string of the molecule is Cc1cc(Cl)cc(C(=O)NC(C)C)c1NC(=O)c1cc(OC2CN(CC(F)(F)F)C2)nn1-c1ncccc1Cl. The van der Waals surface area contributed by atoms with Crippen LogP contribution < -0.4 is 15.4 Å². The highest BCUT2D eigenvalue weighted by atomic mass is 35.5. The molecule has 9 nitrogen and oxygen atoms in total. The summed E-state index contributed by atoms with van der Waals surface area (Å²) in [4.78, 5) is 31.8. The highest BCUT2D eigenvalue weighted by Crippen LogP contribution is 2.29. The van der Waals surface area contributed by atoms with Crippen molar-refractivity contribution in [2.24, 2.45) is 0 Å². The lowest BCUT2D eigenvalue weighted by Gasteiger charge is -2.38. The van der Waals surface area contributed by atoms with Crippen molar-refractivity contribution in [1.29, 1.82) is 0 Å². The van der Waals surface area contributed by atoms with Crippen LogP contribution in [0.5, 0.6) is 5.88 Å². The van der Waals surface area contributed by atoms with Crippen LogP contribution >= 0.6 is 23.2 Å². The van der Waals surface area contributed by atoms with Gasteiger partial charge in [-0.1, -0.05) is 23.2 Å². The molecule has 39 heavy (non-hydrogen) atoms. The minimum atomic E-state index is -4.31. The van der Waals surface area contributed by atoms with Gasteiger partial charge in [-0.25, -0.2) is 9.67 Å². The van der Waals surface area contributed by atoms with Gasteiger partial charge >= 0.3 is 6.18 Å². The van der Waals surface area contributed by atoms with E-state index in [1.807, 2.05) is 0 Å². The third kappa shape index (κ3) is 7.00. The van der Waals surface area contributed by atoms with E-state index < -0.39 is 30.6 Å². The quantitative estimate of drug-likeness (QED) is 0.390. The van der Waals surface area contributed by atoms with E-state index in [1.54, 1.807) is 39.0 Å². The number of likely N-dealkylation sites (tertiary alicyclic amines) is 1. The summed E-state index contributed by atoms with van der Waals surface area (Å²) in [7, 11) is 0. The van der Waals surface area contributed by atoms with Crippen molar-refractivity contribution in [1.82, 2.24) is 25.0 Å². The first-order valence-corrected chi connectivity index (χ1v) is 12.7. The van der Waals surface area contributed by atoms with E-state index in [1.165, 1.54) is 27.9 Å². The van der Waals surface area contributed by atoms with Crippen LogP contribution in [0.15, 0.2) is 36.5 Å². The molecule has 1 saturated heterocycles. The molecule has 2 N–H and O–H groups in total. The summed E-state index contributed by atoms with van der Waals surface area (Å²) in [6.07, 6.45) is -3.39. The summed E-state index contributed by atoms with van der Waals surface area (Å²) in [5.74, 6) is -0.943. The average Bonchev–Trinajstić information content (AvgIpc) is 3.22. The second-order valence-electron chi connectivity index (χ2n) is 9.37. The molecular weight excluding hydrogens is 560 g/mol. The van der Waals surface area contributed by atoms with E-state index in [9.17, 15) is 22.8 Å². The van der Waals surface area contributed by atoms with Crippen LogP contribution in [-0.2, 0) is 0 Å². The Morgan fingerprint density at radius 2 is 1.90 bits per heavy atom. The molecule has 0 bridgehead atoms. The van der Waals surface area contributed by atoms with E-state index in [0.717, 1.165) is 0 Å². The van der Waals surface area contributed by atoms with Crippen molar-refractivity contribution >= 4 is 40.7 Å². The molecule has 1 aliphatic heterocycles. The fraction of sp³-hybridized carbons (Fsp3) is 0.360. The van der Waals surface area contributed by atoms with Crippen LogP contribution in [0.3, 0.4) is 0 Å². The first-order valence-electron chi connectivity index (χ1n) is 11.9. The molecule has 2 amide bonds. The van der Waals surface area contributed by atoms with Gasteiger partial charge in [0.1, 0.15) is 11.8 Å². The van der Waals surface area contributed by atoms with Gasteiger partial charge in [-0.3, -0.25) is 14.5 Å². The number of carbonyl (C=O) groups excluding carboxylic acids is 2. The molecule has 1 aromatic carbocycles. The minimum absolute atomic E-state index is 0.00382. The first kappa shape index (κ1) is 28.7. The number of pyridine rings is 1. The molecule has 1 fully saturated rings. The number of nitrogens with zero attached hydrogens (tertiary/aromatic N) is 4. The third-order valence-electron chi connectivity index (χ3n) is 5.68. The molecule has 0 atom stereocenters. The van der Waals surface area contributed by atoms with Crippen LogP contribution in [0.2, 0.25) is 10.0 Å². The summed E-state index contributed by atoms with van der Waals surface area (Å²) in [6.45, 7) is 4.36. The second kappa shape index (κ2) is 11.4. The molecule has 2 aromatic heterocycles. The monoisotopic (exact) mass is 584 g/mol. The van der Waals surface area contributed by atoms with Crippen molar-refractivity contribution in [3.8, 4) is 11.7 Å². The molecule has 4 rings (SSSR count). The van der Waals surface area contributed by atoms with Gasteiger partial charge in [0.05, 0.1) is 22.8 Å². The Kier molecular flexibility index (Phi) is 8.38. The fourth-order valence-corrected chi connectivity index (χ4v) is 4.50. The van der Waals surface area contributed by atoms with E-state index in [2.05, 4.69) is 20.7 Å². The Hall–Kier alpha value is -3.35. The Morgan fingerprint density at radius 1 is 1.18 bits per heavy atom. The zero-order valence-corrected chi connectivity index (χ0v) is 22.7. The molecule has 3 heterocycles. The van der Waals surface area contributed by atoms with Gasteiger partial charge in [0.15, 0.2) is 5.82 Å². The van der Waals surface area contributed by atoms with Crippen molar-refractivity contribution in [2.75, 3.05) is 25.0 Å². The first-order chi connectivity index (χ1) is 18.3. The fourth-order valence-electron chi connectivity index (χ4n) is 4.03. The highest BCUT2D eigenvalue weighted by Gasteiger charge is 2.38. The van der Waals surface area contributed by atoms with Gasteiger partial charge in [0, 0.05) is 36.4 Å². The summed E-state index contributed by atoms with van der Waals surface area (Å²) in [5, 5.41) is 10.4. The molecule has 0 radical (unpaired) electrons. The standard InChI is InChI=1S/C25H25Cl2F3N6O3/c1-13(2)32-23(37)17-8-15(26)7-14(3)21(17)33-24(38)19-9-20(34-36(19)22-18(27)5-4-6-31-22)39-16-10-35(11-16)12-25(28,29)30/h4-9,13,16H,10-12H2,1-3H3,(H,32,37)(H,33,38). The maximum absolute atomic E-state index is 13.5. The van der Waals surface area contributed by atoms with Gasteiger partial charge in [-0.05, 0) is 50.6 Å². The molecule has 0 saturated carbocycles. The van der Waals surface area contributed by atoms with Gasteiger partial charge in [-0.2, -0.15) is 13.2 Å². The molecule has 14 heteroatoms. The van der Waals surface area contributed by atoms with Crippen LogP contribution in [0.25, 0.3) is 5.82 Å². The van der Waals surface area contributed by atoms with Crippen LogP contribution in [0.4, 0.5) is 18.9 Å². The van der Waals surface area contributed by atoms with Crippen LogP contribution in [0, 0.1) is 6.92 Å². The molecular formula is C25H25Cl2F3N6O3. The van der Waals surface area contributed by atoms with Crippen molar-refractivity contribution in [2.45, 2.75) is 39.1 Å². The number of carbonyl (C=O) groups is 2. The number of alkyl halides is 3. The van der Waals surface area contributed by atoms with Gasteiger partial charge < -0.3 is 15.4 Å². The van der Waals surface area contributed by atoms with Crippen LogP contribution in [-0.4, -0.2) is 69.4 Å². The zero-order chi connectivity index (χ0) is 28.5. The summed E-state index contributed by atoms with van der Waals surface area (Å²) in [5.41, 5.74) is 0.926. The largest absolute Gasteiger partial charge is 0.471 e. The Balaban J connectivity index is 1.63. The molecule has 0 spiro atoms. The summed E-state index contributed by atoms with van der Waals surface area (Å²) in [6, 6.07) is 7.40. The minimum Gasteiger partial charge on any atom is -0.471 e. The van der Waals surface area contributed by atoms with E-state index >= 15 is 0 Å². The van der Waals surface area contributed by atoms with Crippen molar-refractivity contribution < 1.29 is 27.5 Å². The highest BCUT2D eigenvalue weighted by molar-refractivity contribution is 6.32. The number of amides is 2. The lowest BCUT2D eigenvalue weighted by molar-refractivity contribution is -0.162. The third-order valence-corrected chi connectivity index (χ3v) is 6.19. The van der Waals surface area contributed by atoms with Crippen molar-refractivity contribution in [3.63, 3.8) is 0 Å². The molecule has 0 aliphatic carbocycles. The molecule has 1 aliphatic rings. The predicted molar refractivity (Wildman–Crippen MR) is 140 cm³/mol. The summed E-state index contributed by atoms with van der Waals surface area (Å²) < 4.78 is 44.8. The molecule has 3 aromatic rings. The molecule has 208 valence electrons. The van der Waals surface area contributed by atoms with E-state index in [4.69, 9.17) is 27.9 Å². The normalized spacial score (nSPS) is 14.3. The van der Waals surface area contributed by atoms with Crippen molar-refractivity contribution in [3.05, 3.63) is 63.4 Å². The van der Waals surface area contributed by atoms with Gasteiger partial charge in [-0.15, -0.1) is 5.10 Å². The van der Waals surface area contributed by atoms with E-state index in [0.29, 0.717) is 10.6 Å². The zero-order valence-electron chi connectivity index (χ0n) is 21.1. The smallest absolute Gasteiger partial charge is 0.401 e. The topological polar surface area (TPSA) is 101 Å². The van der Waals surface area contributed by atoms with Crippen LogP contribution in [0.1, 0.15) is 40.3 Å². The number of aryl methyl sites for hydroxylation is 1. The number of benzene rings is 1. The maximum Gasteiger partial charge on any atom is 0.401 e. The van der Waals surface area contributed by atoms with Gasteiger partial charge in [0.25, 0.3) is 11.8 Å². The maximum atomic E-state index is 13.5. The number of halogens is 5. The number of aromatic nitrogens is 3. The number of nitrogens with one attached hydrogen (secondary N) is 2. The Labute approximate surface area is 232 Å². The number of rotatable bonds is 8. The Bertz CT molecular complexity index is 1390. The number of anilines is 1. The lowest BCUT2D eigenvalue weighted by Crippen LogP contribution is -2.56. The number of hydrogen-bond donors (Lipinski definition) is 2. The average molecular weight is 585 g/mol. The predicted octanol–water partition coefficient (Wildman–Crippen LogP) is 4.90. The van der Waals surface area contributed by atoms with E-state index in [-0.39, 0.29) is 52.8 Å². The number of ether oxygens (including phenoxy) is 1. The second-order valence-corrected chi connectivity index (χ2v) is 10.2. The van der Waals surface area contributed by atoms with Gasteiger partial charge in [0.2, 0.25) is 5.88 Å².